The van der Waals surface area contributed by atoms with Gasteiger partial charge in [0.1, 0.15) is 12.2 Å². The van der Waals surface area contributed by atoms with Crippen molar-refractivity contribution in [1.82, 2.24) is 0 Å². The second-order valence-electron chi connectivity index (χ2n) is 14.2. The summed E-state index contributed by atoms with van der Waals surface area (Å²) in [6, 6.07) is 40.3. The van der Waals surface area contributed by atoms with Crippen LogP contribution < -0.4 is 0 Å². The highest BCUT2D eigenvalue weighted by atomic mass is 16.7. The summed E-state index contributed by atoms with van der Waals surface area (Å²) >= 11 is 0. The first-order valence-corrected chi connectivity index (χ1v) is 20.5. The molecule has 0 bridgehead atoms. The van der Waals surface area contributed by atoms with E-state index in [4.69, 9.17) is 18.9 Å². The number of unbranched alkanes of at least 4 members (excludes halogenated alkanes) is 15. The molecule has 0 saturated heterocycles. The molecule has 5 nitrogen and oxygen atoms in total. The average molecular weight is 721 g/mol. The van der Waals surface area contributed by atoms with Crippen LogP contribution in [0.15, 0.2) is 121 Å². The van der Waals surface area contributed by atoms with Gasteiger partial charge in [-0.15, -0.1) is 0 Å². The van der Waals surface area contributed by atoms with Crippen LogP contribution in [0, 0.1) is 0 Å². The van der Waals surface area contributed by atoms with Crippen LogP contribution in [0.2, 0.25) is 0 Å². The van der Waals surface area contributed by atoms with Crippen LogP contribution in [0.4, 0.5) is 4.79 Å². The molecular weight excluding hydrogens is 657 g/mol. The van der Waals surface area contributed by atoms with Gasteiger partial charge in [0.15, 0.2) is 6.10 Å². The predicted molar refractivity (Wildman–Crippen MR) is 217 cm³/mol. The number of rotatable bonds is 28. The molecule has 0 aliphatic rings. The van der Waals surface area contributed by atoms with Crippen molar-refractivity contribution in [2.45, 2.75) is 128 Å². The molecule has 4 aromatic carbocycles. The highest BCUT2D eigenvalue weighted by molar-refractivity contribution is 5.60. The molecule has 0 radical (unpaired) electrons. The minimum absolute atomic E-state index is 0.109. The zero-order valence-corrected chi connectivity index (χ0v) is 32.3. The molecule has 4 rings (SSSR count). The van der Waals surface area contributed by atoms with E-state index in [1.54, 1.807) is 0 Å². The highest BCUT2D eigenvalue weighted by Gasteiger charge is 2.38. The number of ether oxygens (including phenoxy) is 4. The summed E-state index contributed by atoms with van der Waals surface area (Å²) in [7, 11) is 0. The van der Waals surface area contributed by atoms with Crippen LogP contribution in [0.3, 0.4) is 0 Å². The Kier molecular flexibility index (Phi) is 20.5. The summed E-state index contributed by atoms with van der Waals surface area (Å²) in [5, 5.41) is 0. The molecule has 0 saturated carbocycles. The molecule has 0 amide bonds. The fourth-order valence-electron chi connectivity index (χ4n) is 6.96. The standard InChI is InChI=1S/C48H64O5/c1-2-3-4-5-6-7-8-9-10-11-12-13-14-15-16-29-38-50-40-46(53-47(49)51-39-42-30-21-17-22-31-42)41-52-48(43-32-23-18-24-33-43,44-34-25-19-26-35-44)45-36-27-20-28-37-45/h17-28,30-37,46H,2-16,29,38-41H2,1H3. The topological polar surface area (TPSA) is 54.0 Å². The summed E-state index contributed by atoms with van der Waals surface area (Å²) < 4.78 is 24.5. The van der Waals surface area contributed by atoms with Gasteiger partial charge >= 0.3 is 6.16 Å². The van der Waals surface area contributed by atoms with E-state index in [-0.39, 0.29) is 19.8 Å². The van der Waals surface area contributed by atoms with Crippen molar-refractivity contribution in [2.24, 2.45) is 0 Å². The van der Waals surface area contributed by atoms with Crippen molar-refractivity contribution in [3.05, 3.63) is 144 Å². The number of hydrogen-bond donors (Lipinski definition) is 0. The van der Waals surface area contributed by atoms with E-state index >= 15 is 0 Å². The van der Waals surface area contributed by atoms with E-state index in [1.165, 1.54) is 89.9 Å². The Morgan fingerprint density at radius 3 is 1.34 bits per heavy atom. The number of benzene rings is 4. The molecule has 1 unspecified atom stereocenters. The predicted octanol–water partition coefficient (Wildman–Crippen LogP) is 13.0. The Labute approximate surface area is 320 Å². The maximum absolute atomic E-state index is 13.0. The summed E-state index contributed by atoms with van der Waals surface area (Å²) in [4.78, 5) is 13.0. The van der Waals surface area contributed by atoms with Gasteiger partial charge in [0.05, 0.1) is 13.2 Å². The van der Waals surface area contributed by atoms with Crippen molar-refractivity contribution >= 4 is 6.16 Å². The molecule has 0 heterocycles. The lowest BCUT2D eigenvalue weighted by molar-refractivity contribution is -0.0829. The number of carbonyl (C=O) groups is 1. The minimum atomic E-state index is -0.937. The van der Waals surface area contributed by atoms with E-state index in [2.05, 4.69) is 43.3 Å². The number of carbonyl (C=O) groups excluding carboxylic acids is 1. The van der Waals surface area contributed by atoms with Gasteiger partial charge in [-0.3, -0.25) is 0 Å². The molecule has 0 N–H and O–H groups in total. The van der Waals surface area contributed by atoms with E-state index < -0.39 is 17.9 Å². The minimum Gasteiger partial charge on any atom is -0.429 e. The molecule has 0 fully saturated rings. The summed E-state index contributed by atoms with van der Waals surface area (Å²) in [6.07, 6.45) is 19.9. The van der Waals surface area contributed by atoms with E-state index in [9.17, 15) is 4.79 Å². The summed E-state index contributed by atoms with van der Waals surface area (Å²) in [5.74, 6) is 0. The van der Waals surface area contributed by atoms with Crippen molar-refractivity contribution in [3.8, 4) is 0 Å². The molecule has 4 aromatic rings. The van der Waals surface area contributed by atoms with E-state index in [0.29, 0.717) is 6.61 Å². The molecular formula is C48H64O5. The maximum atomic E-state index is 13.0. The van der Waals surface area contributed by atoms with Crippen LogP contribution >= 0.6 is 0 Å². The fraction of sp³-hybridized carbons (Fsp3) is 0.479. The SMILES string of the molecule is CCCCCCCCCCCCCCCCCCOCC(COC(c1ccccc1)(c1ccccc1)c1ccccc1)OC(=O)OCc1ccccc1. The maximum Gasteiger partial charge on any atom is 0.509 e. The zero-order valence-electron chi connectivity index (χ0n) is 32.3. The van der Waals surface area contributed by atoms with E-state index in [0.717, 1.165) is 35.1 Å². The van der Waals surface area contributed by atoms with Gasteiger partial charge in [-0.05, 0) is 28.7 Å². The molecule has 0 aliphatic carbocycles. The largest absolute Gasteiger partial charge is 0.509 e. The molecule has 286 valence electrons. The molecule has 5 heteroatoms. The monoisotopic (exact) mass is 720 g/mol. The lowest BCUT2D eigenvalue weighted by Crippen LogP contribution is -2.38. The Balaban J connectivity index is 1.27. The van der Waals surface area contributed by atoms with Gasteiger partial charge in [-0.25, -0.2) is 4.79 Å². The summed E-state index contributed by atoms with van der Waals surface area (Å²) in [6.45, 7) is 3.35. The zero-order chi connectivity index (χ0) is 37.1. The quantitative estimate of drug-likeness (QED) is 0.0332. The van der Waals surface area contributed by atoms with Crippen LogP contribution in [0.5, 0.6) is 0 Å². The molecule has 0 aliphatic heterocycles. The second kappa shape index (κ2) is 25.9. The first kappa shape index (κ1) is 41.8. The van der Waals surface area contributed by atoms with Gasteiger partial charge in [0, 0.05) is 6.61 Å². The van der Waals surface area contributed by atoms with Gasteiger partial charge in [-0.1, -0.05) is 225 Å². The smallest absolute Gasteiger partial charge is 0.429 e. The number of hydrogen-bond acceptors (Lipinski definition) is 5. The van der Waals surface area contributed by atoms with Crippen molar-refractivity contribution in [2.75, 3.05) is 19.8 Å². The average Bonchev–Trinajstić information content (AvgIpc) is 3.21. The van der Waals surface area contributed by atoms with Crippen LogP contribution in [-0.4, -0.2) is 32.1 Å². The highest BCUT2D eigenvalue weighted by Crippen LogP contribution is 2.40. The third-order valence-electron chi connectivity index (χ3n) is 9.94. The third-order valence-corrected chi connectivity index (χ3v) is 9.94. The summed E-state index contributed by atoms with van der Waals surface area (Å²) in [5.41, 5.74) is 2.91. The fourth-order valence-corrected chi connectivity index (χ4v) is 6.96. The van der Waals surface area contributed by atoms with Crippen molar-refractivity contribution < 1.29 is 23.7 Å². The van der Waals surface area contributed by atoms with Gasteiger partial charge in [0.2, 0.25) is 0 Å². The van der Waals surface area contributed by atoms with Crippen LogP contribution in [0.25, 0.3) is 0 Å². The van der Waals surface area contributed by atoms with Gasteiger partial charge in [-0.2, -0.15) is 0 Å². The van der Waals surface area contributed by atoms with Gasteiger partial charge < -0.3 is 18.9 Å². The molecule has 53 heavy (non-hydrogen) atoms. The normalized spacial score (nSPS) is 12.0. The molecule has 0 aromatic heterocycles. The first-order valence-electron chi connectivity index (χ1n) is 20.5. The Bertz CT molecular complexity index is 1360. The lowest BCUT2D eigenvalue weighted by atomic mass is 9.80. The van der Waals surface area contributed by atoms with E-state index in [1.807, 2.05) is 84.9 Å². The van der Waals surface area contributed by atoms with Crippen LogP contribution in [-0.2, 0) is 31.2 Å². The Morgan fingerprint density at radius 2 is 0.906 bits per heavy atom. The van der Waals surface area contributed by atoms with Crippen molar-refractivity contribution in [1.29, 1.82) is 0 Å². The molecule has 0 spiro atoms. The first-order chi connectivity index (χ1) is 26.2. The van der Waals surface area contributed by atoms with Crippen molar-refractivity contribution in [3.63, 3.8) is 0 Å². The van der Waals surface area contributed by atoms with Gasteiger partial charge in [0.25, 0.3) is 0 Å². The third kappa shape index (κ3) is 15.5. The Morgan fingerprint density at radius 1 is 0.509 bits per heavy atom. The lowest BCUT2D eigenvalue weighted by Gasteiger charge is -2.37. The Hall–Kier alpha value is -3.93. The second-order valence-corrected chi connectivity index (χ2v) is 14.2. The molecule has 1 atom stereocenters. The van der Waals surface area contributed by atoms with Crippen LogP contribution in [0.1, 0.15) is 132 Å².